The highest BCUT2D eigenvalue weighted by Crippen LogP contribution is 2.33. The lowest BCUT2D eigenvalue weighted by Gasteiger charge is -2.19. The highest BCUT2D eigenvalue weighted by atomic mass is 16.5. The van der Waals surface area contributed by atoms with E-state index in [9.17, 15) is 9.59 Å². The molecule has 0 fully saturated rings. The number of methoxy groups -OCH3 is 1. The number of hydrogen-bond acceptors (Lipinski definition) is 7. The van der Waals surface area contributed by atoms with E-state index in [-0.39, 0.29) is 5.56 Å². The van der Waals surface area contributed by atoms with Crippen molar-refractivity contribution in [2.45, 2.75) is 12.5 Å². The molecular weight excluding hydrogens is 386 g/mol. The number of nitrogens with zero attached hydrogens (tertiary/aromatic N) is 3. The molecule has 0 N–H and O–H groups in total. The van der Waals surface area contributed by atoms with E-state index in [0.29, 0.717) is 12.2 Å². The summed E-state index contributed by atoms with van der Waals surface area (Å²) in [6.45, 7) is -0.440. The number of hydrazone groups is 1. The number of hydrogen-bond donors (Lipinski definition) is 0. The number of benzene rings is 1. The van der Waals surface area contributed by atoms with E-state index in [2.05, 4.69) is 10.1 Å². The second kappa shape index (κ2) is 8.60. The van der Waals surface area contributed by atoms with Gasteiger partial charge in [0.25, 0.3) is 5.91 Å². The molecule has 1 atom stereocenters. The molecule has 1 amide bonds. The molecule has 3 aromatic rings. The molecule has 152 valence electrons. The molecule has 0 radical (unpaired) electrons. The van der Waals surface area contributed by atoms with Crippen LogP contribution in [0.5, 0.6) is 5.75 Å². The summed E-state index contributed by atoms with van der Waals surface area (Å²) in [4.78, 5) is 28.8. The number of amides is 1. The molecule has 30 heavy (non-hydrogen) atoms. The van der Waals surface area contributed by atoms with Crippen LogP contribution in [-0.2, 0) is 9.53 Å². The van der Waals surface area contributed by atoms with E-state index in [1.165, 1.54) is 11.2 Å². The van der Waals surface area contributed by atoms with Crippen LogP contribution in [0.3, 0.4) is 0 Å². The Morgan fingerprint density at radius 2 is 2.00 bits per heavy atom. The van der Waals surface area contributed by atoms with Gasteiger partial charge in [0.1, 0.15) is 17.6 Å². The van der Waals surface area contributed by atoms with Gasteiger partial charge in [-0.15, -0.1) is 0 Å². The zero-order chi connectivity index (χ0) is 20.9. The van der Waals surface area contributed by atoms with Crippen molar-refractivity contribution in [3.05, 3.63) is 84.1 Å². The van der Waals surface area contributed by atoms with Crippen molar-refractivity contribution >= 4 is 17.6 Å². The van der Waals surface area contributed by atoms with Crippen LogP contribution < -0.4 is 4.74 Å². The maximum Gasteiger partial charge on any atom is 0.340 e. The van der Waals surface area contributed by atoms with Gasteiger partial charge in [-0.05, 0) is 54.1 Å². The van der Waals surface area contributed by atoms with Crippen LogP contribution in [0, 0.1) is 0 Å². The summed E-state index contributed by atoms with van der Waals surface area (Å²) in [5.41, 5.74) is 1.87. The van der Waals surface area contributed by atoms with Crippen molar-refractivity contribution in [3.8, 4) is 5.75 Å². The average Bonchev–Trinajstić information content (AvgIpc) is 3.48. The first kappa shape index (κ1) is 19.4. The van der Waals surface area contributed by atoms with Crippen molar-refractivity contribution < 1.29 is 23.5 Å². The highest BCUT2D eigenvalue weighted by Gasteiger charge is 2.35. The van der Waals surface area contributed by atoms with E-state index in [0.717, 1.165) is 17.0 Å². The molecule has 0 aliphatic carbocycles. The van der Waals surface area contributed by atoms with E-state index < -0.39 is 24.5 Å². The largest absolute Gasteiger partial charge is 0.497 e. The van der Waals surface area contributed by atoms with Crippen LogP contribution in [-0.4, -0.2) is 41.3 Å². The second-order valence-electron chi connectivity index (χ2n) is 6.57. The first-order valence-corrected chi connectivity index (χ1v) is 9.30. The van der Waals surface area contributed by atoms with Gasteiger partial charge in [-0.25, -0.2) is 9.80 Å². The Balaban J connectivity index is 1.51. The maximum atomic E-state index is 12.8. The van der Waals surface area contributed by atoms with E-state index >= 15 is 0 Å². The Morgan fingerprint density at radius 3 is 2.67 bits per heavy atom. The Hall–Kier alpha value is -3.94. The van der Waals surface area contributed by atoms with Crippen molar-refractivity contribution in [2.24, 2.45) is 5.10 Å². The minimum absolute atomic E-state index is 0.275. The molecule has 0 unspecified atom stereocenters. The third-order valence-corrected chi connectivity index (χ3v) is 4.68. The number of ether oxygens (including phenoxy) is 2. The van der Waals surface area contributed by atoms with Crippen molar-refractivity contribution in [1.29, 1.82) is 0 Å². The summed E-state index contributed by atoms with van der Waals surface area (Å²) in [6.07, 6.45) is 4.96. The van der Waals surface area contributed by atoms with Gasteiger partial charge in [0.2, 0.25) is 0 Å². The number of pyridine rings is 1. The first-order valence-electron chi connectivity index (χ1n) is 9.30. The Morgan fingerprint density at radius 1 is 1.17 bits per heavy atom. The molecule has 0 bridgehead atoms. The molecular formula is C22H19N3O5. The topological polar surface area (TPSA) is 94.2 Å². The van der Waals surface area contributed by atoms with Gasteiger partial charge >= 0.3 is 5.97 Å². The first-order chi connectivity index (χ1) is 14.7. The summed E-state index contributed by atoms with van der Waals surface area (Å²) < 4.78 is 15.9. The minimum atomic E-state index is -0.621. The summed E-state index contributed by atoms with van der Waals surface area (Å²) in [5, 5.41) is 5.81. The predicted octanol–water partition coefficient (Wildman–Crippen LogP) is 3.22. The molecule has 0 saturated heterocycles. The molecule has 1 aliphatic heterocycles. The molecule has 1 aromatic carbocycles. The van der Waals surface area contributed by atoms with Crippen LogP contribution in [0.4, 0.5) is 0 Å². The Bertz CT molecular complexity index is 1050. The zero-order valence-electron chi connectivity index (χ0n) is 16.2. The fraction of sp³-hybridized carbons (Fsp3) is 0.182. The maximum absolute atomic E-state index is 12.8. The quantitative estimate of drug-likeness (QED) is 0.585. The normalized spacial score (nSPS) is 15.6. The van der Waals surface area contributed by atoms with Crippen LogP contribution in [0.1, 0.15) is 34.1 Å². The van der Waals surface area contributed by atoms with Crippen LogP contribution in [0.25, 0.3) is 0 Å². The summed E-state index contributed by atoms with van der Waals surface area (Å²) in [5.74, 6) is 0.270. The SMILES string of the molecule is COc1ccc(C2=NN(C(=O)COC(=O)c3cccnc3)[C@H](c3ccco3)C2)cc1. The van der Waals surface area contributed by atoms with Crippen molar-refractivity contribution in [1.82, 2.24) is 9.99 Å². The molecule has 0 spiro atoms. The van der Waals surface area contributed by atoms with Gasteiger partial charge in [-0.2, -0.15) is 5.10 Å². The van der Waals surface area contributed by atoms with E-state index in [1.54, 1.807) is 43.8 Å². The molecule has 1 aliphatic rings. The van der Waals surface area contributed by atoms with E-state index in [4.69, 9.17) is 13.9 Å². The average molecular weight is 405 g/mol. The Labute approximate surface area is 172 Å². The van der Waals surface area contributed by atoms with Gasteiger partial charge < -0.3 is 13.9 Å². The van der Waals surface area contributed by atoms with Crippen molar-refractivity contribution in [3.63, 3.8) is 0 Å². The van der Waals surface area contributed by atoms with Crippen LogP contribution in [0.15, 0.2) is 76.7 Å². The van der Waals surface area contributed by atoms with Crippen molar-refractivity contribution in [2.75, 3.05) is 13.7 Å². The van der Waals surface area contributed by atoms with E-state index in [1.807, 2.05) is 24.3 Å². The highest BCUT2D eigenvalue weighted by molar-refractivity contribution is 6.03. The Kier molecular flexibility index (Phi) is 5.56. The zero-order valence-corrected chi connectivity index (χ0v) is 16.2. The van der Waals surface area contributed by atoms with Gasteiger partial charge in [-0.1, -0.05) is 0 Å². The van der Waals surface area contributed by atoms with Gasteiger partial charge in [0.15, 0.2) is 6.61 Å². The number of aromatic nitrogens is 1. The molecule has 8 nitrogen and oxygen atoms in total. The number of carbonyl (C=O) groups is 2. The standard InChI is InChI=1S/C22H19N3O5/c1-28-17-8-6-15(7-9-17)18-12-19(20-5-3-11-29-20)25(24-18)21(26)14-30-22(27)16-4-2-10-23-13-16/h2-11,13,19H,12,14H2,1H3/t19-/m0/s1. The predicted molar refractivity (Wildman–Crippen MR) is 107 cm³/mol. The minimum Gasteiger partial charge on any atom is -0.497 e. The third-order valence-electron chi connectivity index (χ3n) is 4.68. The van der Waals surface area contributed by atoms with Crippen LogP contribution >= 0.6 is 0 Å². The monoisotopic (exact) mass is 405 g/mol. The molecule has 4 rings (SSSR count). The lowest BCUT2D eigenvalue weighted by Crippen LogP contribution is -2.31. The molecule has 0 saturated carbocycles. The van der Waals surface area contributed by atoms with Gasteiger partial charge in [-0.3, -0.25) is 9.78 Å². The lowest BCUT2D eigenvalue weighted by molar-refractivity contribution is -0.136. The molecule has 3 heterocycles. The number of esters is 1. The molecule has 8 heteroatoms. The fourth-order valence-corrected chi connectivity index (χ4v) is 3.16. The number of rotatable bonds is 6. The second-order valence-corrected chi connectivity index (χ2v) is 6.57. The third kappa shape index (κ3) is 4.07. The molecule has 2 aromatic heterocycles. The van der Waals surface area contributed by atoms with Gasteiger partial charge in [0.05, 0.1) is 24.6 Å². The van der Waals surface area contributed by atoms with Crippen LogP contribution in [0.2, 0.25) is 0 Å². The summed E-state index contributed by atoms with van der Waals surface area (Å²) in [7, 11) is 1.60. The lowest BCUT2D eigenvalue weighted by atomic mass is 10.0. The number of furan rings is 1. The number of carbonyl (C=O) groups excluding carboxylic acids is 2. The smallest absolute Gasteiger partial charge is 0.340 e. The summed E-state index contributed by atoms with van der Waals surface area (Å²) in [6, 6.07) is 13.8. The van der Waals surface area contributed by atoms with Gasteiger partial charge in [0, 0.05) is 18.8 Å². The summed E-state index contributed by atoms with van der Waals surface area (Å²) >= 11 is 0. The fourth-order valence-electron chi connectivity index (χ4n) is 3.16.